The lowest BCUT2D eigenvalue weighted by atomic mass is 9.79. The van der Waals surface area contributed by atoms with Gasteiger partial charge in [-0.2, -0.15) is 0 Å². The number of hydrogen-bond donors (Lipinski definition) is 1. The van der Waals surface area contributed by atoms with Crippen molar-refractivity contribution in [3.63, 3.8) is 0 Å². The number of carbonyl (C=O) groups is 1. The Morgan fingerprint density at radius 1 is 0.821 bits per heavy atom. The first-order valence-electron chi connectivity index (χ1n) is 23.3. The molecule has 0 saturated heterocycles. The lowest BCUT2D eigenvalue weighted by Crippen LogP contribution is -2.32. The van der Waals surface area contributed by atoms with Gasteiger partial charge < -0.3 is 62.1 Å². The number of benzene rings is 1. The molecular formula is C50H75N2O14S-. The topological polar surface area (TPSA) is 184 Å². The number of hydrogen-bond acceptors (Lipinski definition) is 15. The zero-order chi connectivity index (χ0) is 48.7. The fourth-order valence-corrected chi connectivity index (χ4v) is 8.37. The molecule has 4 rings (SSSR count). The van der Waals surface area contributed by atoms with Gasteiger partial charge in [-0.1, -0.05) is 53.2 Å². The zero-order valence-corrected chi connectivity index (χ0v) is 41.6. The third kappa shape index (κ3) is 18.5. The molecule has 1 aromatic carbocycles. The van der Waals surface area contributed by atoms with Crippen LogP contribution in [0.4, 0.5) is 5.69 Å². The number of methoxy groups -OCH3 is 2. The average molecular weight is 960 g/mol. The van der Waals surface area contributed by atoms with Crippen molar-refractivity contribution in [2.24, 2.45) is 5.41 Å². The lowest BCUT2D eigenvalue weighted by Gasteiger charge is -2.34. The number of ether oxygens (including phenoxy) is 9. The summed E-state index contributed by atoms with van der Waals surface area (Å²) in [7, 11) is -1.39. The summed E-state index contributed by atoms with van der Waals surface area (Å²) < 4.78 is 87.1. The van der Waals surface area contributed by atoms with Crippen LogP contribution in [0.15, 0.2) is 93.6 Å². The van der Waals surface area contributed by atoms with Crippen molar-refractivity contribution < 1.29 is 65.5 Å². The van der Waals surface area contributed by atoms with E-state index in [-0.39, 0.29) is 16.7 Å². The van der Waals surface area contributed by atoms with Gasteiger partial charge in [-0.15, -0.1) is 0 Å². The van der Waals surface area contributed by atoms with Gasteiger partial charge in [-0.25, -0.2) is 8.42 Å². The second-order valence-corrected chi connectivity index (χ2v) is 19.2. The Labute approximate surface area is 398 Å². The van der Waals surface area contributed by atoms with E-state index in [1.54, 1.807) is 20.3 Å². The number of nitrogens with zero attached hydrogens (tertiary/aromatic N) is 2. The van der Waals surface area contributed by atoms with Crippen molar-refractivity contribution in [2.45, 2.75) is 77.0 Å². The number of rotatable bonds is 34. The van der Waals surface area contributed by atoms with Gasteiger partial charge in [-0.3, -0.25) is 4.79 Å². The molecule has 1 aromatic rings. The summed E-state index contributed by atoms with van der Waals surface area (Å²) in [4.78, 5) is 15.3. The Balaban J connectivity index is 1.49. The number of aliphatic carboxylic acids is 1. The van der Waals surface area contributed by atoms with Gasteiger partial charge in [0.05, 0.1) is 97.4 Å². The summed E-state index contributed by atoms with van der Waals surface area (Å²) in [6.45, 7) is 19.3. The second-order valence-electron chi connectivity index (χ2n) is 17.8. The quantitative estimate of drug-likeness (QED) is 0.0556. The summed E-state index contributed by atoms with van der Waals surface area (Å²) in [5.74, 6) is 0.611. The van der Waals surface area contributed by atoms with Gasteiger partial charge in [0.1, 0.15) is 21.6 Å². The highest BCUT2D eigenvalue weighted by molar-refractivity contribution is 7.85. The minimum absolute atomic E-state index is 0.0987. The van der Waals surface area contributed by atoms with E-state index in [0.717, 1.165) is 40.4 Å². The predicted octanol–water partition coefficient (Wildman–Crippen LogP) is 6.90. The largest absolute Gasteiger partial charge is 0.744 e. The van der Waals surface area contributed by atoms with Crippen LogP contribution >= 0.6 is 0 Å². The molecule has 0 fully saturated rings. The SMILES string of the molecule is COCCOCCOCCOCCN(CCOCCOCCOCCOC)C1=CCC2=C(C(C)(C)C)C=C(/C=C/C=C3/N(CCCCCC(=O)O)c4ccc(S(=O)(=O)[O-])cc4C3(C)C)OC2=C1. The molecule has 0 saturated carbocycles. The second kappa shape index (κ2) is 28.6. The third-order valence-corrected chi connectivity index (χ3v) is 12.2. The summed E-state index contributed by atoms with van der Waals surface area (Å²) in [6.07, 6.45) is 15.1. The number of carboxylic acid groups (broad SMARTS) is 1. The summed E-state index contributed by atoms with van der Waals surface area (Å²) >= 11 is 0. The highest BCUT2D eigenvalue weighted by Gasteiger charge is 2.40. The molecular weight excluding hydrogens is 885 g/mol. The van der Waals surface area contributed by atoms with Crippen LogP contribution < -0.4 is 4.90 Å². The molecule has 0 unspecified atom stereocenters. The van der Waals surface area contributed by atoms with Crippen LogP contribution in [0.2, 0.25) is 0 Å². The van der Waals surface area contributed by atoms with Gasteiger partial charge in [0, 0.05) is 74.4 Å². The van der Waals surface area contributed by atoms with Crippen molar-refractivity contribution in [1.29, 1.82) is 0 Å². The molecule has 0 bridgehead atoms. The Morgan fingerprint density at radius 3 is 1.90 bits per heavy atom. The molecule has 0 aromatic heterocycles. The average Bonchev–Trinajstić information content (AvgIpc) is 3.49. The summed E-state index contributed by atoms with van der Waals surface area (Å²) in [6, 6.07) is 4.53. The Morgan fingerprint density at radius 2 is 1.37 bits per heavy atom. The minimum atomic E-state index is -4.67. The van der Waals surface area contributed by atoms with Gasteiger partial charge in [-0.05, 0) is 72.2 Å². The van der Waals surface area contributed by atoms with E-state index in [1.165, 1.54) is 17.7 Å². The Kier molecular flexibility index (Phi) is 23.8. The highest BCUT2D eigenvalue weighted by atomic mass is 32.2. The molecule has 67 heavy (non-hydrogen) atoms. The molecule has 376 valence electrons. The molecule has 0 spiro atoms. The van der Waals surface area contributed by atoms with Crippen LogP contribution in [0, 0.1) is 5.41 Å². The van der Waals surface area contributed by atoms with E-state index in [9.17, 15) is 17.8 Å². The first-order chi connectivity index (χ1) is 32.1. The molecule has 2 aliphatic heterocycles. The molecule has 1 aliphatic carbocycles. The van der Waals surface area contributed by atoms with E-state index in [4.69, 9.17) is 47.7 Å². The Hall–Kier alpha value is -3.88. The smallest absolute Gasteiger partial charge is 0.303 e. The zero-order valence-electron chi connectivity index (χ0n) is 40.8. The van der Waals surface area contributed by atoms with Crippen molar-refractivity contribution in [3.05, 3.63) is 94.3 Å². The maximum absolute atomic E-state index is 12.1. The van der Waals surface area contributed by atoms with Crippen molar-refractivity contribution >= 4 is 21.8 Å². The van der Waals surface area contributed by atoms with Gasteiger partial charge in [0.2, 0.25) is 0 Å². The number of unbranched alkanes of at least 4 members (excludes halogenated alkanes) is 2. The molecule has 2 heterocycles. The molecule has 1 N–H and O–H groups in total. The van der Waals surface area contributed by atoms with Crippen LogP contribution in [0.25, 0.3) is 0 Å². The number of anilines is 1. The first-order valence-corrected chi connectivity index (χ1v) is 24.7. The number of carboxylic acids is 1. The molecule has 16 nitrogen and oxygen atoms in total. The molecule has 17 heteroatoms. The van der Waals surface area contributed by atoms with Crippen molar-refractivity contribution in [2.75, 3.05) is 131 Å². The number of fused-ring (bicyclic) bond motifs is 2. The molecule has 0 radical (unpaired) electrons. The maximum atomic E-state index is 12.1. The summed E-state index contributed by atoms with van der Waals surface area (Å²) in [5.41, 5.74) is 4.93. The lowest BCUT2D eigenvalue weighted by molar-refractivity contribution is -0.137. The highest BCUT2D eigenvalue weighted by Crippen LogP contribution is 2.49. The van der Waals surface area contributed by atoms with Gasteiger partial charge in [0.25, 0.3) is 0 Å². The fourth-order valence-electron chi connectivity index (χ4n) is 7.87. The molecule has 0 amide bonds. The van der Waals surface area contributed by atoms with E-state index < -0.39 is 21.5 Å². The standard InChI is InChI=1S/C50H76N2O14S/c1-49(2,3)43-37-40(12-11-13-47-50(4,5)44-38-41(67(55,56)57)16-18-45(44)52(47)19-10-8-9-14-48(53)54)66-46-36-39(15-17-42(43)46)51(20-22-60-28-30-64-34-32-62-26-24-58-6)21-23-61-29-31-65-35-33-63-27-25-59-7/h11-13,15-16,18,36-38H,8-10,14,17,19-35H2,1-7H3,(H,53,54)(H,55,56,57)/p-1/b12-11+,47-13+. The van der Waals surface area contributed by atoms with Crippen LogP contribution in [-0.4, -0.2) is 155 Å². The molecule has 0 atom stereocenters. The van der Waals surface area contributed by atoms with Gasteiger partial charge in [0.15, 0.2) is 0 Å². The Bertz CT molecular complexity index is 1990. The van der Waals surface area contributed by atoms with E-state index in [0.29, 0.717) is 137 Å². The van der Waals surface area contributed by atoms with E-state index in [2.05, 4.69) is 48.8 Å². The van der Waals surface area contributed by atoms with Crippen LogP contribution in [0.3, 0.4) is 0 Å². The molecule has 3 aliphatic rings. The summed E-state index contributed by atoms with van der Waals surface area (Å²) in [5, 5.41) is 9.15. The van der Waals surface area contributed by atoms with Crippen LogP contribution in [0.5, 0.6) is 0 Å². The van der Waals surface area contributed by atoms with Crippen LogP contribution in [0.1, 0.15) is 72.3 Å². The predicted molar refractivity (Wildman–Crippen MR) is 255 cm³/mol. The minimum Gasteiger partial charge on any atom is -0.744 e. The van der Waals surface area contributed by atoms with Crippen molar-refractivity contribution in [1.82, 2.24) is 4.90 Å². The fraction of sp³-hybridized carbons (Fsp3) is 0.620. The third-order valence-electron chi connectivity index (χ3n) is 11.4. The maximum Gasteiger partial charge on any atom is 0.303 e. The van der Waals surface area contributed by atoms with E-state index in [1.807, 2.05) is 32.1 Å². The monoisotopic (exact) mass is 959 g/mol. The normalized spacial score (nSPS) is 16.6. The van der Waals surface area contributed by atoms with Crippen LogP contribution in [-0.2, 0) is 63.0 Å². The van der Waals surface area contributed by atoms with E-state index >= 15 is 0 Å². The van der Waals surface area contributed by atoms with Gasteiger partial charge >= 0.3 is 5.97 Å². The van der Waals surface area contributed by atoms with Crippen molar-refractivity contribution in [3.8, 4) is 0 Å². The first kappa shape index (κ1) is 55.7. The number of allylic oxidation sites excluding steroid dienone is 9.